The molecule has 0 aliphatic rings. The first-order valence-corrected chi connectivity index (χ1v) is 6.75. The predicted octanol–water partition coefficient (Wildman–Crippen LogP) is 1.96. The van der Waals surface area contributed by atoms with E-state index in [9.17, 15) is 9.90 Å². The average molecular weight is 281 g/mol. The Morgan fingerprint density at radius 1 is 1.40 bits per heavy atom. The number of carbonyl (C=O) groups is 1. The second-order valence-corrected chi connectivity index (χ2v) is 4.50. The van der Waals surface area contributed by atoms with Crippen LogP contribution in [0.4, 0.5) is 0 Å². The number of amides is 1. The zero-order chi connectivity index (χ0) is 15.0. The monoisotopic (exact) mass is 281 g/mol. The van der Waals surface area contributed by atoms with Gasteiger partial charge in [0.1, 0.15) is 12.4 Å². The standard InChI is InChI=1S/C15H23NO4/c1-4-16(15(18)11-20-9-8-19-3)12(2)13-6-5-7-14(17)10-13/h5-7,10,12,17H,4,8-9,11H2,1-3H3. The number of hydrogen-bond donors (Lipinski definition) is 1. The van der Waals surface area contributed by atoms with Crippen molar-refractivity contribution >= 4 is 5.91 Å². The molecule has 0 saturated carbocycles. The normalized spacial score (nSPS) is 12.2. The van der Waals surface area contributed by atoms with Crippen molar-refractivity contribution in [1.82, 2.24) is 4.90 Å². The van der Waals surface area contributed by atoms with Gasteiger partial charge in [0, 0.05) is 13.7 Å². The molecule has 0 spiro atoms. The molecule has 1 rings (SSSR count). The molecule has 1 aromatic carbocycles. The maximum absolute atomic E-state index is 12.1. The van der Waals surface area contributed by atoms with Crippen molar-refractivity contribution in [3.8, 4) is 5.75 Å². The number of aromatic hydroxyl groups is 1. The van der Waals surface area contributed by atoms with Crippen molar-refractivity contribution in [3.05, 3.63) is 29.8 Å². The zero-order valence-electron chi connectivity index (χ0n) is 12.3. The van der Waals surface area contributed by atoms with Gasteiger partial charge in [0.15, 0.2) is 0 Å². The van der Waals surface area contributed by atoms with Crippen LogP contribution >= 0.6 is 0 Å². The number of phenolic OH excluding ortho intramolecular Hbond substituents is 1. The quantitative estimate of drug-likeness (QED) is 0.740. The van der Waals surface area contributed by atoms with E-state index in [1.165, 1.54) is 0 Å². The number of benzene rings is 1. The maximum Gasteiger partial charge on any atom is 0.249 e. The molecule has 0 aliphatic heterocycles. The summed E-state index contributed by atoms with van der Waals surface area (Å²) in [6.07, 6.45) is 0. The molecule has 1 unspecified atom stereocenters. The van der Waals surface area contributed by atoms with Gasteiger partial charge < -0.3 is 19.5 Å². The van der Waals surface area contributed by atoms with E-state index >= 15 is 0 Å². The molecule has 1 amide bonds. The smallest absolute Gasteiger partial charge is 0.249 e. The lowest BCUT2D eigenvalue weighted by atomic mass is 10.1. The van der Waals surface area contributed by atoms with E-state index in [0.29, 0.717) is 19.8 Å². The van der Waals surface area contributed by atoms with E-state index in [2.05, 4.69) is 0 Å². The molecule has 0 saturated heterocycles. The fourth-order valence-corrected chi connectivity index (χ4v) is 2.02. The highest BCUT2D eigenvalue weighted by molar-refractivity contribution is 5.78. The van der Waals surface area contributed by atoms with Gasteiger partial charge in [-0.2, -0.15) is 0 Å². The van der Waals surface area contributed by atoms with Crippen LogP contribution in [0.25, 0.3) is 0 Å². The van der Waals surface area contributed by atoms with Crippen molar-refractivity contribution in [2.75, 3.05) is 33.5 Å². The van der Waals surface area contributed by atoms with Crippen LogP contribution in [-0.2, 0) is 14.3 Å². The zero-order valence-corrected chi connectivity index (χ0v) is 12.3. The molecular formula is C15H23NO4. The van der Waals surface area contributed by atoms with Crippen LogP contribution in [0, 0.1) is 0 Å². The van der Waals surface area contributed by atoms with Crippen LogP contribution in [0.2, 0.25) is 0 Å². The number of phenols is 1. The number of methoxy groups -OCH3 is 1. The summed E-state index contributed by atoms with van der Waals surface area (Å²) in [5, 5.41) is 9.51. The summed E-state index contributed by atoms with van der Waals surface area (Å²) < 4.78 is 10.1. The minimum atomic E-state index is -0.106. The SMILES string of the molecule is CCN(C(=O)COCCOC)C(C)c1cccc(O)c1. The van der Waals surface area contributed by atoms with Crippen molar-refractivity contribution in [2.24, 2.45) is 0 Å². The van der Waals surface area contributed by atoms with Crippen LogP contribution in [0.3, 0.4) is 0 Å². The van der Waals surface area contributed by atoms with Gasteiger partial charge in [-0.25, -0.2) is 0 Å². The van der Waals surface area contributed by atoms with Crippen molar-refractivity contribution in [1.29, 1.82) is 0 Å². The molecular weight excluding hydrogens is 258 g/mol. The lowest BCUT2D eigenvalue weighted by Crippen LogP contribution is -2.36. The third kappa shape index (κ3) is 4.83. The Balaban J connectivity index is 2.62. The summed E-state index contributed by atoms with van der Waals surface area (Å²) in [5.74, 6) is 0.133. The summed E-state index contributed by atoms with van der Waals surface area (Å²) in [6, 6.07) is 6.85. The van der Waals surface area contributed by atoms with Gasteiger partial charge in [0.25, 0.3) is 0 Å². The summed E-state index contributed by atoms with van der Waals surface area (Å²) >= 11 is 0. The number of likely N-dealkylation sites (N-methyl/N-ethyl adjacent to an activating group) is 1. The molecule has 5 heteroatoms. The Morgan fingerprint density at radius 3 is 2.75 bits per heavy atom. The van der Waals surface area contributed by atoms with E-state index in [0.717, 1.165) is 5.56 Å². The van der Waals surface area contributed by atoms with E-state index < -0.39 is 0 Å². The fraction of sp³-hybridized carbons (Fsp3) is 0.533. The highest BCUT2D eigenvalue weighted by atomic mass is 16.5. The number of carbonyl (C=O) groups excluding carboxylic acids is 1. The molecule has 0 fully saturated rings. The molecule has 5 nitrogen and oxygen atoms in total. The topological polar surface area (TPSA) is 59.0 Å². The second kappa shape index (κ2) is 8.55. The summed E-state index contributed by atoms with van der Waals surface area (Å²) in [5.41, 5.74) is 0.900. The number of rotatable bonds is 8. The fourth-order valence-electron chi connectivity index (χ4n) is 2.02. The van der Waals surface area contributed by atoms with Gasteiger partial charge in [0.2, 0.25) is 5.91 Å². The third-order valence-corrected chi connectivity index (χ3v) is 3.14. The number of ether oxygens (including phenoxy) is 2. The first-order chi connectivity index (χ1) is 9.60. The van der Waals surface area contributed by atoms with Crippen LogP contribution in [0.1, 0.15) is 25.5 Å². The molecule has 0 aromatic heterocycles. The summed E-state index contributed by atoms with van der Waals surface area (Å²) in [7, 11) is 1.59. The molecule has 0 heterocycles. The summed E-state index contributed by atoms with van der Waals surface area (Å²) in [4.78, 5) is 13.9. The van der Waals surface area contributed by atoms with Crippen LogP contribution in [0.15, 0.2) is 24.3 Å². The first-order valence-electron chi connectivity index (χ1n) is 6.75. The molecule has 0 aliphatic carbocycles. The second-order valence-electron chi connectivity index (χ2n) is 4.50. The average Bonchev–Trinajstić information content (AvgIpc) is 2.44. The highest BCUT2D eigenvalue weighted by Gasteiger charge is 2.20. The molecule has 1 N–H and O–H groups in total. The first kappa shape index (κ1) is 16.5. The van der Waals surface area contributed by atoms with Gasteiger partial charge in [-0.05, 0) is 31.5 Å². The maximum atomic E-state index is 12.1. The van der Waals surface area contributed by atoms with Gasteiger partial charge in [-0.1, -0.05) is 12.1 Å². The van der Waals surface area contributed by atoms with Crippen molar-refractivity contribution in [2.45, 2.75) is 19.9 Å². The Morgan fingerprint density at radius 2 is 2.15 bits per heavy atom. The Labute approximate surface area is 120 Å². The molecule has 0 bridgehead atoms. The minimum Gasteiger partial charge on any atom is -0.508 e. The Bertz CT molecular complexity index is 422. The highest BCUT2D eigenvalue weighted by Crippen LogP contribution is 2.23. The number of nitrogens with zero attached hydrogens (tertiary/aromatic N) is 1. The molecule has 0 radical (unpaired) electrons. The predicted molar refractivity (Wildman–Crippen MR) is 76.6 cm³/mol. The van der Waals surface area contributed by atoms with E-state index in [1.54, 1.807) is 30.2 Å². The van der Waals surface area contributed by atoms with E-state index in [-0.39, 0.29) is 24.3 Å². The third-order valence-electron chi connectivity index (χ3n) is 3.14. The van der Waals surface area contributed by atoms with E-state index in [4.69, 9.17) is 9.47 Å². The van der Waals surface area contributed by atoms with Gasteiger partial charge >= 0.3 is 0 Å². The lowest BCUT2D eigenvalue weighted by molar-refractivity contribution is -0.138. The molecule has 1 aromatic rings. The Kier molecular flexibility index (Phi) is 7.04. The summed E-state index contributed by atoms with van der Waals surface area (Å²) in [6.45, 7) is 5.36. The van der Waals surface area contributed by atoms with E-state index in [1.807, 2.05) is 19.9 Å². The van der Waals surface area contributed by atoms with Crippen LogP contribution in [-0.4, -0.2) is 49.4 Å². The molecule has 20 heavy (non-hydrogen) atoms. The van der Waals surface area contributed by atoms with Crippen LogP contribution in [0.5, 0.6) is 5.75 Å². The lowest BCUT2D eigenvalue weighted by Gasteiger charge is -2.28. The van der Waals surface area contributed by atoms with Gasteiger partial charge in [-0.3, -0.25) is 4.79 Å². The van der Waals surface area contributed by atoms with Crippen molar-refractivity contribution in [3.63, 3.8) is 0 Å². The largest absolute Gasteiger partial charge is 0.508 e. The molecule has 1 atom stereocenters. The number of hydrogen-bond acceptors (Lipinski definition) is 4. The van der Waals surface area contributed by atoms with Gasteiger partial charge in [-0.15, -0.1) is 0 Å². The molecule has 112 valence electrons. The van der Waals surface area contributed by atoms with Gasteiger partial charge in [0.05, 0.1) is 19.3 Å². The van der Waals surface area contributed by atoms with Crippen molar-refractivity contribution < 1.29 is 19.4 Å². The Hall–Kier alpha value is -1.59. The minimum absolute atomic E-state index is 0.0420. The van der Waals surface area contributed by atoms with Crippen LogP contribution < -0.4 is 0 Å².